The second kappa shape index (κ2) is 5.93. The molecule has 2 atom stereocenters. The van der Waals surface area contributed by atoms with Crippen molar-refractivity contribution in [1.29, 1.82) is 0 Å². The Morgan fingerprint density at radius 1 is 1.37 bits per heavy atom. The summed E-state index contributed by atoms with van der Waals surface area (Å²) in [5.74, 6) is 0.421. The first-order valence-electron chi connectivity index (χ1n) is 7.26. The Hall–Kier alpha value is -1.06. The topological polar surface area (TPSA) is 26.7 Å². The summed E-state index contributed by atoms with van der Waals surface area (Å²) in [5.41, 5.74) is 2.26. The minimum atomic E-state index is 0.280. The molecule has 0 aromatic heterocycles. The average molecular weight is 262 g/mol. The van der Waals surface area contributed by atoms with Crippen molar-refractivity contribution in [2.75, 3.05) is 26.7 Å². The van der Waals surface area contributed by atoms with Gasteiger partial charge in [0.1, 0.15) is 5.75 Å². The third-order valence-corrected chi connectivity index (χ3v) is 4.46. The van der Waals surface area contributed by atoms with Crippen LogP contribution < -0.4 is 0 Å². The maximum Gasteiger partial charge on any atom is 0.120 e. The van der Waals surface area contributed by atoms with Crippen LogP contribution in [0.4, 0.5) is 0 Å². The molecule has 1 saturated heterocycles. The van der Waals surface area contributed by atoms with Crippen molar-refractivity contribution in [2.24, 2.45) is 0 Å². The van der Waals surface area contributed by atoms with Gasteiger partial charge in [-0.3, -0.25) is 4.90 Å². The number of phenols is 1. The summed E-state index contributed by atoms with van der Waals surface area (Å²) in [7, 11) is 2.21. The molecule has 1 N–H and O–H groups in total. The zero-order valence-corrected chi connectivity index (χ0v) is 12.6. The molecule has 0 radical (unpaired) electrons. The minimum Gasteiger partial charge on any atom is -0.508 e. The van der Waals surface area contributed by atoms with Crippen LogP contribution in [0.3, 0.4) is 0 Å². The summed E-state index contributed by atoms with van der Waals surface area (Å²) in [6, 6.07) is 6.80. The molecule has 19 heavy (non-hydrogen) atoms. The van der Waals surface area contributed by atoms with E-state index in [9.17, 15) is 5.11 Å². The predicted octanol–water partition coefficient (Wildman–Crippen LogP) is 2.79. The van der Waals surface area contributed by atoms with E-state index in [0.717, 1.165) is 25.2 Å². The van der Waals surface area contributed by atoms with Crippen LogP contribution in [0.1, 0.15) is 37.4 Å². The highest BCUT2D eigenvalue weighted by atomic mass is 16.3. The van der Waals surface area contributed by atoms with Crippen molar-refractivity contribution in [3.63, 3.8) is 0 Å². The van der Waals surface area contributed by atoms with Crippen molar-refractivity contribution in [3.8, 4) is 5.75 Å². The number of hydrogen-bond donors (Lipinski definition) is 1. The molecule has 0 spiro atoms. The largest absolute Gasteiger partial charge is 0.508 e. The van der Waals surface area contributed by atoms with Gasteiger partial charge in [0, 0.05) is 37.3 Å². The Morgan fingerprint density at radius 3 is 2.79 bits per heavy atom. The number of likely N-dealkylation sites (N-methyl/N-ethyl adjacent to an activating group) is 1. The molecule has 1 aromatic rings. The molecule has 1 aliphatic rings. The standard InChI is InChI=1S/C16H26N2O/c1-5-14-11-18(9-8-17(14)4)13(3)15-10-12(2)6-7-16(15)19/h6-7,10,13-14,19H,5,8-9,11H2,1-4H3. The van der Waals surface area contributed by atoms with Crippen molar-refractivity contribution in [2.45, 2.75) is 39.3 Å². The van der Waals surface area contributed by atoms with E-state index in [-0.39, 0.29) is 6.04 Å². The van der Waals surface area contributed by atoms with Gasteiger partial charge >= 0.3 is 0 Å². The third-order valence-electron chi connectivity index (χ3n) is 4.46. The van der Waals surface area contributed by atoms with E-state index in [0.29, 0.717) is 11.8 Å². The highest BCUT2D eigenvalue weighted by Gasteiger charge is 2.27. The predicted molar refractivity (Wildman–Crippen MR) is 79.5 cm³/mol. The van der Waals surface area contributed by atoms with Gasteiger partial charge in [0.2, 0.25) is 0 Å². The number of rotatable bonds is 3. The smallest absolute Gasteiger partial charge is 0.120 e. The van der Waals surface area contributed by atoms with Crippen LogP contribution in [-0.2, 0) is 0 Å². The third kappa shape index (κ3) is 3.10. The summed E-state index contributed by atoms with van der Waals surface area (Å²) in [4.78, 5) is 4.93. The van der Waals surface area contributed by atoms with Crippen LogP contribution >= 0.6 is 0 Å². The normalized spacial score (nSPS) is 23.5. The van der Waals surface area contributed by atoms with Gasteiger partial charge in [-0.05, 0) is 33.4 Å². The molecule has 3 heteroatoms. The second-order valence-corrected chi connectivity index (χ2v) is 5.78. The number of aromatic hydroxyl groups is 1. The van der Waals surface area contributed by atoms with Crippen LogP contribution in [0.15, 0.2) is 18.2 Å². The molecular formula is C16H26N2O. The van der Waals surface area contributed by atoms with Crippen molar-refractivity contribution < 1.29 is 5.11 Å². The molecule has 1 heterocycles. The summed E-state index contributed by atoms with van der Waals surface area (Å²) < 4.78 is 0. The molecule has 1 aliphatic heterocycles. The number of benzene rings is 1. The Labute approximate surface area is 116 Å². The summed E-state index contributed by atoms with van der Waals surface area (Å²) in [5, 5.41) is 10.1. The van der Waals surface area contributed by atoms with E-state index in [1.807, 2.05) is 12.1 Å². The van der Waals surface area contributed by atoms with Crippen molar-refractivity contribution >= 4 is 0 Å². The van der Waals surface area contributed by atoms with E-state index in [4.69, 9.17) is 0 Å². The molecule has 0 saturated carbocycles. The SMILES string of the molecule is CCC1CN(C(C)c2cc(C)ccc2O)CCN1C. The van der Waals surface area contributed by atoms with Crippen LogP contribution in [0, 0.1) is 6.92 Å². The average Bonchev–Trinajstić information content (AvgIpc) is 2.41. The van der Waals surface area contributed by atoms with Gasteiger partial charge in [-0.2, -0.15) is 0 Å². The first-order chi connectivity index (χ1) is 9.02. The van der Waals surface area contributed by atoms with Gasteiger partial charge in [-0.1, -0.05) is 24.6 Å². The van der Waals surface area contributed by atoms with Crippen LogP contribution in [-0.4, -0.2) is 47.6 Å². The maximum absolute atomic E-state index is 10.1. The summed E-state index contributed by atoms with van der Waals surface area (Å²) >= 11 is 0. The molecule has 1 aromatic carbocycles. The Kier molecular flexibility index (Phi) is 4.48. The van der Waals surface area contributed by atoms with E-state index in [1.54, 1.807) is 0 Å². The molecule has 0 amide bonds. The Bertz CT molecular complexity index is 433. The maximum atomic E-state index is 10.1. The monoisotopic (exact) mass is 262 g/mol. The molecule has 0 aliphatic carbocycles. The quantitative estimate of drug-likeness (QED) is 0.907. The van der Waals surface area contributed by atoms with Gasteiger partial charge in [0.05, 0.1) is 0 Å². The number of aryl methyl sites for hydroxylation is 1. The van der Waals surface area contributed by atoms with E-state index in [1.165, 1.54) is 12.0 Å². The van der Waals surface area contributed by atoms with E-state index < -0.39 is 0 Å². The number of phenolic OH excluding ortho intramolecular Hbond substituents is 1. The minimum absolute atomic E-state index is 0.280. The van der Waals surface area contributed by atoms with Gasteiger partial charge in [0.25, 0.3) is 0 Å². The van der Waals surface area contributed by atoms with Crippen LogP contribution in [0.5, 0.6) is 5.75 Å². The fourth-order valence-corrected chi connectivity index (χ4v) is 2.97. The van der Waals surface area contributed by atoms with E-state index in [2.05, 4.69) is 43.7 Å². The lowest BCUT2D eigenvalue weighted by molar-refractivity contribution is 0.0667. The lowest BCUT2D eigenvalue weighted by Gasteiger charge is -2.42. The van der Waals surface area contributed by atoms with Gasteiger partial charge in [-0.15, -0.1) is 0 Å². The van der Waals surface area contributed by atoms with Crippen molar-refractivity contribution in [3.05, 3.63) is 29.3 Å². The summed E-state index contributed by atoms with van der Waals surface area (Å²) in [6.45, 7) is 9.79. The summed E-state index contributed by atoms with van der Waals surface area (Å²) in [6.07, 6.45) is 1.18. The molecule has 106 valence electrons. The van der Waals surface area contributed by atoms with Crippen LogP contribution in [0.25, 0.3) is 0 Å². The van der Waals surface area contributed by atoms with Crippen molar-refractivity contribution in [1.82, 2.24) is 9.80 Å². The molecule has 2 rings (SSSR count). The zero-order chi connectivity index (χ0) is 14.0. The molecule has 3 nitrogen and oxygen atoms in total. The lowest BCUT2D eigenvalue weighted by Crippen LogP contribution is -2.51. The number of piperazine rings is 1. The first-order valence-corrected chi connectivity index (χ1v) is 7.26. The molecular weight excluding hydrogens is 236 g/mol. The Balaban J connectivity index is 2.15. The lowest BCUT2D eigenvalue weighted by atomic mass is 10.0. The van der Waals surface area contributed by atoms with E-state index >= 15 is 0 Å². The highest BCUT2D eigenvalue weighted by molar-refractivity contribution is 5.37. The molecule has 2 unspecified atom stereocenters. The van der Waals surface area contributed by atoms with Gasteiger partial charge in [0.15, 0.2) is 0 Å². The molecule has 1 fully saturated rings. The first kappa shape index (κ1) is 14.4. The van der Waals surface area contributed by atoms with Gasteiger partial charge in [-0.25, -0.2) is 0 Å². The highest BCUT2D eigenvalue weighted by Crippen LogP contribution is 2.30. The second-order valence-electron chi connectivity index (χ2n) is 5.78. The fourth-order valence-electron chi connectivity index (χ4n) is 2.97. The Morgan fingerprint density at radius 2 is 2.11 bits per heavy atom. The fraction of sp³-hybridized carbons (Fsp3) is 0.625. The van der Waals surface area contributed by atoms with Gasteiger partial charge < -0.3 is 10.0 Å². The number of nitrogens with zero attached hydrogens (tertiary/aromatic N) is 2. The zero-order valence-electron chi connectivity index (χ0n) is 12.6. The molecule has 0 bridgehead atoms. The number of hydrogen-bond acceptors (Lipinski definition) is 3. The van der Waals surface area contributed by atoms with Crippen LogP contribution in [0.2, 0.25) is 0 Å².